The van der Waals surface area contributed by atoms with E-state index in [4.69, 9.17) is 27.3 Å². The van der Waals surface area contributed by atoms with Gasteiger partial charge >= 0.3 is 0 Å². The lowest BCUT2D eigenvalue weighted by Gasteiger charge is -2.41. The van der Waals surface area contributed by atoms with Crippen molar-refractivity contribution in [3.05, 3.63) is 58.4 Å². The van der Waals surface area contributed by atoms with E-state index in [2.05, 4.69) is 15.3 Å². The molecule has 3 N–H and O–H groups in total. The van der Waals surface area contributed by atoms with E-state index in [1.165, 1.54) is 18.3 Å². The van der Waals surface area contributed by atoms with Crippen molar-refractivity contribution >= 4 is 29.2 Å². The number of anilines is 1. The van der Waals surface area contributed by atoms with E-state index in [0.29, 0.717) is 21.8 Å². The number of hydrogen-bond acceptors (Lipinski definition) is 6. The molecule has 1 unspecified atom stereocenters. The van der Waals surface area contributed by atoms with Crippen molar-refractivity contribution < 1.29 is 13.9 Å². The summed E-state index contributed by atoms with van der Waals surface area (Å²) in [5.74, 6) is -0.836. The van der Waals surface area contributed by atoms with Crippen molar-refractivity contribution in [2.24, 2.45) is 16.6 Å². The molecule has 0 spiro atoms. The van der Waals surface area contributed by atoms with Crippen molar-refractivity contribution in [1.29, 1.82) is 5.26 Å². The normalized spacial score (nSPS) is 23.5. The Morgan fingerprint density at radius 3 is 2.79 bits per heavy atom. The predicted octanol–water partition coefficient (Wildman–Crippen LogP) is 3.39. The third kappa shape index (κ3) is 3.87. The maximum absolute atomic E-state index is 14.3. The summed E-state index contributed by atoms with van der Waals surface area (Å²) in [6.45, 7) is 2.76. The van der Waals surface area contributed by atoms with Gasteiger partial charge in [0.2, 0.25) is 0 Å². The van der Waals surface area contributed by atoms with Crippen LogP contribution in [0.5, 0.6) is 0 Å². The van der Waals surface area contributed by atoms with E-state index in [0.717, 1.165) is 0 Å². The molecule has 0 bridgehead atoms. The number of carbonyl (C=O) groups excluding carboxylic acids is 1. The Morgan fingerprint density at radius 2 is 2.17 bits per heavy atom. The highest BCUT2D eigenvalue weighted by Gasteiger charge is 2.46. The number of carbonyl (C=O) groups is 1. The van der Waals surface area contributed by atoms with Gasteiger partial charge in [0.1, 0.15) is 30.1 Å². The SMILES string of the molecule is CC1OC(N)=N[C@@](CF)(c2cc(NC(=O)c3ccc(C#N)cn3)ccc2Cl)[C@@H]1C. The average molecular weight is 416 g/mol. The van der Waals surface area contributed by atoms with Crippen LogP contribution >= 0.6 is 11.6 Å². The molecule has 1 aliphatic heterocycles. The number of nitrogens with two attached hydrogens (primary N) is 1. The maximum atomic E-state index is 14.3. The van der Waals surface area contributed by atoms with E-state index in [-0.39, 0.29) is 23.7 Å². The number of rotatable bonds is 4. The lowest BCUT2D eigenvalue weighted by molar-refractivity contribution is 0.0511. The summed E-state index contributed by atoms with van der Waals surface area (Å²) in [5, 5.41) is 11.8. The first-order valence-electron chi connectivity index (χ1n) is 8.86. The zero-order valence-corrected chi connectivity index (χ0v) is 16.6. The molecule has 3 atom stereocenters. The Balaban J connectivity index is 1.96. The molecule has 1 amide bonds. The lowest BCUT2D eigenvalue weighted by Crippen LogP contribution is -2.48. The molecular weight excluding hydrogens is 397 g/mol. The number of aromatic nitrogens is 1. The molecule has 0 radical (unpaired) electrons. The Hall–Kier alpha value is -3.18. The molecule has 1 aromatic carbocycles. The van der Waals surface area contributed by atoms with Crippen LogP contribution in [-0.2, 0) is 10.3 Å². The number of aliphatic imine (C=N–C) groups is 1. The first-order valence-corrected chi connectivity index (χ1v) is 9.24. The number of pyridine rings is 1. The summed E-state index contributed by atoms with van der Waals surface area (Å²) < 4.78 is 19.7. The van der Waals surface area contributed by atoms with Gasteiger partial charge in [-0.15, -0.1) is 0 Å². The number of benzene rings is 1. The van der Waals surface area contributed by atoms with E-state index in [1.807, 2.05) is 13.0 Å². The van der Waals surface area contributed by atoms with Crippen molar-refractivity contribution in [1.82, 2.24) is 4.98 Å². The highest BCUT2D eigenvalue weighted by molar-refractivity contribution is 6.31. The summed E-state index contributed by atoms with van der Waals surface area (Å²) >= 11 is 6.37. The van der Waals surface area contributed by atoms with Gasteiger partial charge in [0.25, 0.3) is 11.9 Å². The summed E-state index contributed by atoms with van der Waals surface area (Å²) in [6, 6.07) is 9.51. The number of halogens is 2. The molecule has 29 heavy (non-hydrogen) atoms. The Labute approximate surface area is 172 Å². The average Bonchev–Trinajstić information content (AvgIpc) is 2.72. The number of amidine groups is 1. The van der Waals surface area contributed by atoms with Crippen molar-refractivity contribution in [2.45, 2.75) is 25.5 Å². The smallest absolute Gasteiger partial charge is 0.283 e. The molecule has 3 rings (SSSR count). The molecule has 150 valence electrons. The minimum atomic E-state index is -1.33. The summed E-state index contributed by atoms with van der Waals surface area (Å²) in [5.41, 5.74) is 5.71. The van der Waals surface area contributed by atoms with Crippen LogP contribution in [-0.4, -0.2) is 29.7 Å². The van der Waals surface area contributed by atoms with Gasteiger partial charge < -0.3 is 15.8 Å². The number of hydrogen-bond donors (Lipinski definition) is 2. The Kier molecular flexibility index (Phi) is 5.71. The second kappa shape index (κ2) is 8.05. The number of nitrogens with one attached hydrogen (secondary N) is 1. The zero-order valence-electron chi connectivity index (χ0n) is 15.8. The van der Waals surface area contributed by atoms with Gasteiger partial charge in [-0.2, -0.15) is 5.26 Å². The van der Waals surface area contributed by atoms with Gasteiger partial charge in [-0.3, -0.25) is 4.79 Å². The van der Waals surface area contributed by atoms with Gasteiger partial charge in [-0.05, 0) is 37.3 Å². The lowest BCUT2D eigenvalue weighted by atomic mass is 9.77. The highest BCUT2D eigenvalue weighted by Crippen LogP contribution is 2.43. The molecule has 1 aromatic heterocycles. The molecule has 0 aliphatic carbocycles. The second-order valence-electron chi connectivity index (χ2n) is 6.81. The highest BCUT2D eigenvalue weighted by atomic mass is 35.5. The van der Waals surface area contributed by atoms with Crippen LogP contribution < -0.4 is 11.1 Å². The van der Waals surface area contributed by atoms with Crippen LogP contribution in [0.4, 0.5) is 10.1 Å². The second-order valence-corrected chi connectivity index (χ2v) is 7.22. The van der Waals surface area contributed by atoms with Gasteiger partial charge in [-0.25, -0.2) is 14.4 Å². The van der Waals surface area contributed by atoms with Crippen molar-refractivity contribution in [3.63, 3.8) is 0 Å². The molecule has 1 aliphatic rings. The topological polar surface area (TPSA) is 113 Å². The minimum Gasteiger partial charge on any atom is -0.462 e. The minimum absolute atomic E-state index is 0.111. The van der Waals surface area contributed by atoms with Gasteiger partial charge in [0.15, 0.2) is 0 Å². The first kappa shape index (κ1) is 20.6. The van der Waals surface area contributed by atoms with Gasteiger partial charge in [-0.1, -0.05) is 18.5 Å². The fourth-order valence-corrected chi connectivity index (χ4v) is 3.54. The Bertz CT molecular complexity index is 1000. The molecular formula is C20H19ClFN5O2. The molecule has 0 saturated carbocycles. The number of alkyl halides is 1. The van der Waals surface area contributed by atoms with Gasteiger partial charge in [0.05, 0.1) is 5.56 Å². The first-order chi connectivity index (χ1) is 13.8. The number of amides is 1. The van der Waals surface area contributed by atoms with Crippen LogP contribution in [0.15, 0.2) is 41.5 Å². The predicted molar refractivity (Wildman–Crippen MR) is 107 cm³/mol. The van der Waals surface area contributed by atoms with Crippen molar-refractivity contribution in [3.8, 4) is 6.07 Å². The number of nitrogens with zero attached hydrogens (tertiary/aromatic N) is 3. The molecule has 2 heterocycles. The van der Waals surface area contributed by atoms with E-state index in [9.17, 15) is 9.18 Å². The van der Waals surface area contributed by atoms with E-state index in [1.54, 1.807) is 25.1 Å². The standard InChI is InChI=1S/C20H19ClFN5O2/c1-11-12(2)29-19(24)27-20(11,10-22)15-7-14(4-5-16(15)21)26-18(28)17-6-3-13(8-23)9-25-17/h3-7,9,11-12H,10H2,1-2H3,(H2,24,27)(H,26,28)/t11-,12?,20-/m1/s1. The van der Waals surface area contributed by atoms with Crippen LogP contribution in [0.25, 0.3) is 0 Å². The molecule has 7 nitrogen and oxygen atoms in total. The molecule has 2 aromatic rings. The Morgan fingerprint density at radius 1 is 1.41 bits per heavy atom. The monoisotopic (exact) mass is 415 g/mol. The molecule has 9 heteroatoms. The van der Waals surface area contributed by atoms with E-state index >= 15 is 0 Å². The third-order valence-electron chi connectivity index (χ3n) is 5.09. The quantitative estimate of drug-likeness (QED) is 0.794. The summed E-state index contributed by atoms with van der Waals surface area (Å²) in [4.78, 5) is 20.7. The van der Waals surface area contributed by atoms with Crippen LogP contribution in [0.1, 0.15) is 35.5 Å². The van der Waals surface area contributed by atoms with Crippen LogP contribution in [0.2, 0.25) is 5.02 Å². The van der Waals surface area contributed by atoms with Crippen LogP contribution in [0.3, 0.4) is 0 Å². The fraction of sp³-hybridized carbons (Fsp3) is 0.300. The zero-order chi connectivity index (χ0) is 21.2. The molecule has 0 saturated heterocycles. The van der Waals surface area contributed by atoms with E-state index < -0.39 is 18.1 Å². The maximum Gasteiger partial charge on any atom is 0.283 e. The fourth-order valence-electron chi connectivity index (χ4n) is 3.26. The van der Waals surface area contributed by atoms with Crippen LogP contribution in [0, 0.1) is 17.2 Å². The third-order valence-corrected chi connectivity index (χ3v) is 5.42. The van der Waals surface area contributed by atoms with Gasteiger partial charge in [0, 0.05) is 28.4 Å². The molecule has 0 fully saturated rings. The number of nitriles is 1. The number of ether oxygens (including phenoxy) is 1. The van der Waals surface area contributed by atoms with Crippen molar-refractivity contribution in [2.75, 3.05) is 12.0 Å². The summed E-state index contributed by atoms with van der Waals surface area (Å²) in [7, 11) is 0. The largest absolute Gasteiger partial charge is 0.462 e. The summed E-state index contributed by atoms with van der Waals surface area (Å²) in [6.07, 6.45) is 0.934.